The third kappa shape index (κ3) is 3.95. The highest BCUT2D eigenvalue weighted by Crippen LogP contribution is 2.30. The van der Waals surface area contributed by atoms with Crippen LogP contribution in [0.2, 0.25) is 0 Å². The molecule has 0 radical (unpaired) electrons. The number of hydrogen-bond donors (Lipinski definition) is 1. The van der Waals surface area contributed by atoms with E-state index >= 15 is 0 Å². The van der Waals surface area contributed by atoms with E-state index < -0.39 is 0 Å². The molecule has 4 nitrogen and oxygen atoms in total. The van der Waals surface area contributed by atoms with E-state index in [9.17, 15) is 0 Å². The van der Waals surface area contributed by atoms with E-state index in [0.717, 1.165) is 28.5 Å². The van der Waals surface area contributed by atoms with Gasteiger partial charge in [-0.05, 0) is 23.6 Å². The van der Waals surface area contributed by atoms with Crippen LogP contribution in [0.25, 0.3) is 0 Å². The molecule has 0 fully saturated rings. The number of benzene rings is 1. The molecule has 2 aromatic heterocycles. The summed E-state index contributed by atoms with van der Waals surface area (Å²) in [7, 11) is 3.37. The van der Waals surface area contributed by atoms with Crippen LogP contribution in [-0.4, -0.2) is 19.2 Å². The van der Waals surface area contributed by atoms with Crippen LogP contribution in [0.15, 0.2) is 47.3 Å². The van der Waals surface area contributed by atoms with Crippen LogP contribution in [0.4, 0.5) is 0 Å². The van der Waals surface area contributed by atoms with Crippen LogP contribution in [0, 0.1) is 0 Å². The molecule has 0 saturated heterocycles. The summed E-state index contributed by atoms with van der Waals surface area (Å²) in [6.45, 7) is 0.656. The molecule has 1 aromatic carbocycles. The molecule has 126 valence electrons. The van der Waals surface area contributed by atoms with Gasteiger partial charge in [-0.2, -0.15) is 0 Å². The number of aromatic nitrogens is 1. The molecule has 0 saturated carbocycles. The zero-order valence-corrected chi connectivity index (χ0v) is 15.3. The molecule has 1 atom stereocenters. The molecule has 0 aliphatic heterocycles. The quantitative estimate of drug-likeness (QED) is 0.651. The summed E-state index contributed by atoms with van der Waals surface area (Å²) in [5.41, 5.74) is 1.02. The first-order valence-electron chi connectivity index (χ1n) is 7.67. The molecule has 6 heteroatoms. The fourth-order valence-electron chi connectivity index (χ4n) is 2.61. The Bertz CT molecular complexity index is 720. The van der Waals surface area contributed by atoms with Gasteiger partial charge in [0.25, 0.3) is 0 Å². The molecule has 0 aliphatic carbocycles. The minimum atomic E-state index is 0.165. The van der Waals surface area contributed by atoms with Gasteiger partial charge in [0, 0.05) is 35.0 Å². The third-order valence-corrected chi connectivity index (χ3v) is 5.58. The van der Waals surface area contributed by atoms with Gasteiger partial charge in [0.05, 0.1) is 20.3 Å². The zero-order chi connectivity index (χ0) is 16.8. The second kappa shape index (κ2) is 8.28. The molecule has 0 unspecified atom stereocenters. The van der Waals surface area contributed by atoms with Gasteiger partial charge in [-0.3, -0.25) is 0 Å². The van der Waals surface area contributed by atoms with Crippen molar-refractivity contribution < 1.29 is 9.47 Å². The minimum Gasteiger partial charge on any atom is -0.496 e. The van der Waals surface area contributed by atoms with Gasteiger partial charge in [-0.1, -0.05) is 12.1 Å². The average molecular weight is 361 g/mol. The molecular weight excluding hydrogens is 340 g/mol. The van der Waals surface area contributed by atoms with Crippen molar-refractivity contribution in [2.75, 3.05) is 14.2 Å². The Balaban J connectivity index is 1.79. The molecule has 24 heavy (non-hydrogen) atoms. The predicted molar refractivity (Wildman–Crippen MR) is 99.3 cm³/mol. The highest BCUT2D eigenvalue weighted by Gasteiger charge is 2.17. The van der Waals surface area contributed by atoms with Crippen LogP contribution in [0.3, 0.4) is 0 Å². The van der Waals surface area contributed by atoms with Crippen LogP contribution in [-0.2, 0) is 13.0 Å². The van der Waals surface area contributed by atoms with Crippen LogP contribution in [0.1, 0.15) is 21.5 Å². The fraction of sp³-hybridized carbons (Fsp3) is 0.278. The molecule has 3 aromatic rings. The Labute approximate surface area is 150 Å². The largest absolute Gasteiger partial charge is 0.496 e. The van der Waals surface area contributed by atoms with Crippen LogP contribution < -0.4 is 14.8 Å². The molecule has 0 spiro atoms. The minimum absolute atomic E-state index is 0.165. The standard InChI is InChI=1S/C18H20N2O2S2/c1-21-16-6-3-7-17(22-2)14(16)12-20-15(18-19-8-10-24-18)11-13-5-4-9-23-13/h3-10,15,20H,11-12H2,1-2H3/t15-/m1/s1. The van der Waals surface area contributed by atoms with Gasteiger partial charge in [0.2, 0.25) is 0 Å². The van der Waals surface area contributed by atoms with Crippen molar-refractivity contribution >= 4 is 22.7 Å². The van der Waals surface area contributed by atoms with Crippen molar-refractivity contribution in [2.45, 2.75) is 19.0 Å². The lowest BCUT2D eigenvalue weighted by atomic mass is 10.1. The number of thiazole rings is 1. The normalized spacial score (nSPS) is 12.1. The third-order valence-electron chi connectivity index (χ3n) is 3.79. The monoisotopic (exact) mass is 360 g/mol. The van der Waals surface area contributed by atoms with E-state index in [1.165, 1.54) is 4.88 Å². The molecule has 0 bridgehead atoms. The first kappa shape index (κ1) is 17.0. The van der Waals surface area contributed by atoms with E-state index in [0.29, 0.717) is 6.54 Å². The van der Waals surface area contributed by atoms with Crippen LogP contribution in [0.5, 0.6) is 11.5 Å². The summed E-state index contributed by atoms with van der Waals surface area (Å²) in [5, 5.41) is 8.84. The lowest BCUT2D eigenvalue weighted by Crippen LogP contribution is -2.23. The number of nitrogens with one attached hydrogen (secondary N) is 1. The number of methoxy groups -OCH3 is 2. The summed E-state index contributed by atoms with van der Waals surface area (Å²) in [4.78, 5) is 5.84. The van der Waals surface area contributed by atoms with Gasteiger partial charge in [-0.25, -0.2) is 4.98 Å². The topological polar surface area (TPSA) is 43.4 Å². The molecule has 0 aliphatic rings. The summed E-state index contributed by atoms with van der Waals surface area (Å²) in [5.74, 6) is 1.66. The van der Waals surface area contributed by atoms with E-state index in [4.69, 9.17) is 9.47 Å². The fourth-order valence-corrected chi connectivity index (χ4v) is 4.08. The SMILES string of the molecule is COc1cccc(OC)c1CN[C@H](Cc1cccs1)c1nccs1. The number of hydrogen-bond acceptors (Lipinski definition) is 6. The maximum absolute atomic E-state index is 5.49. The first-order chi connectivity index (χ1) is 11.8. The van der Waals surface area contributed by atoms with Crippen molar-refractivity contribution in [1.29, 1.82) is 0 Å². The van der Waals surface area contributed by atoms with Crippen molar-refractivity contribution in [1.82, 2.24) is 10.3 Å². The Hall–Kier alpha value is -1.89. The van der Waals surface area contributed by atoms with Gasteiger partial charge in [0.1, 0.15) is 16.5 Å². The first-order valence-corrected chi connectivity index (χ1v) is 9.42. The maximum Gasteiger partial charge on any atom is 0.127 e. The molecular formula is C18H20N2O2S2. The van der Waals surface area contributed by atoms with Crippen molar-refractivity contribution in [3.05, 3.63) is 62.7 Å². The average Bonchev–Trinajstić information content (AvgIpc) is 3.31. The smallest absolute Gasteiger partial charge is 0.127 e. The van der Waals surface area contributed by atoms with E-state index in [1.807, 2.05) is 29.8 Å². The van der Waals surface area contributed by atoms with Crippen molar-refractivity contribution in [3.63, 3.8) is 0 Å². The van der Waals surface area contributed by atoms with Gasteiger partial charge < -0.3 is 14.8 Å². The number of ether oxygens (including phenoxy) is 2. The molecule has 3 rings (SSSR count). The maximum atomic E-state index is 5.49. The van der Waals surface area contributed by atoms with Gasteiger partial charge >= 0.3 is 0 Å². The van der Waals surface area contributed by atoms with Crippen molar-refractivity contribution in [2.24, 2.45) is 0 Å². The van der Waals surface area contributed by atoms with Crippen molar-refractivity contribution in [3.8, 4) is 11.5 Å². The van der Waals surface area contributed by atoms with E-state index in [-0.39, 0.29) is 6.04 Å². The van der Waals surface area contributed by atoms with Gasteiger partial charge in [0.15, 0.2) is 0 Å². The second-order valence-electron chi connectivity index (χ2n) is 5.23. The Kier molecular flexibility index (Phi) is 5.85. The molecule has 2 heterocycles. The lowest BCUT2D eigenvalue weighted by Gasteiger charge is -2.19. The van der Waals surface area contributed by atoms with E-state index in [2.05, 4.69) is 27.8 Å². The molecule has 0 amide bonds. The van der Waals surface area contributed by atoms with Crippen LogP contribution >= 0.6 is 22.7 Å². The Morgan fingerprint density at radius 2 is 1.83 bits per heavy atom. The lowest BCUT2D eigenvalue weighted by molar-refractivity contribution is 0.379. The molecule has 1 N–H and O–H groups in total. The number of thiophene rings is 1. The highest BCUT2D eigenvalue weighted by molar-refractivity contribution is 7.10. The summed E-state index contributed by atoms with van der Waals surface area (Å²) >= 11 is 3.45. The Morgan fingerprint density at radius 1 is 1.04 bits per heavy atom. The zero-order valence-electron chi connectivity index (χ0n) is 13.7. The summed E-state index contributed by atoms with van der Waals surface area (Å²) in [6, 6.07) is 10.3. The summed E-state index contributed by atoms with van der Waals surface area (Å²) < 4.78 is 11.0. The van der Waals surface area contributed by atoms with E-state index in [1.54, 1.807) is 36.9 Å². The second-order valence-corrected chi connectivity index (χ2v) is 7.19. The predicted octanol–water partition coefficient (Wildman–Crippen LogP) is 4.30. The number of rotatable bonds is 8. The highest BCUT2D eigenvalue weighted by atomic mass is 32.1. The number of nitrogens with zero attached hydrogens (tertiary/aromatic N) is 1. The Morgan fingerprint density at radius 3 is 2.42 bits per heavy atom. The summed E-state index contributed by atoms with van der Waals surface area (Å²) in [6.07, 6.45) is 2.77. The van der Waals surface area contributed by atoms with Gasteiger partial charge in [-0.15, -0.1) is 22.7 Å².